The first kappa shape index (κ1) is 19.6. The second-order valence-electron chi connectivity index (χ2n) is 6.33. The van der Waals surface area contributed by atoms with E-state index in [2.05, 4.69) is 5.32 Å². The molecule has 28 heavy (non-hydrogen) atoms. The molecule has 0 aromatic heterocycles. The molecule has 144 valence electrons. The second kappa shape index (κ2) is 7.85. The number of benzene rings is 2. The van der Waals surface area contributed by atoms with Crippen LogP contribution in [-0.4, -0.2) is 33.6 Å². The lowest BCUT2D eigenvalue weighted by atomic mass is 10.1. The third kappa shape index (κ3) is 4.23. The molecule has 1 fully saturated rings. The van der Waals surface area contributed by atoms with E-state index in [1.807, 2.05) is 0 Å². The maximum Gasteiger partial charge on any atom is 0.294 e. The van der Waals surface area contributed by atoms with Crippen molar-refractivity contribution in [3.8, 4) is 5.75 Å². The molecule has 2 aromatic rings. The van der Waals surface area contributed by atoms with Crippen LogP contribution in [0.3, 0.4) is 0 Å². The fourth-order valence-corrected chi connectivity index (χ4v) is 3.58. The van der Waals surface area contributed by atoms with Crippen LogP contribution in [0.1, 0.15) is 16.7 Å². The van der Waals surface area contributed by atoms with Crippen LogP contribution in [0.4, 0.5) is 14.9 Å². The van der Waals surface area contributed by atoms with E-state index >= 15 is 0 Å². The maximum atomic E-state index is 12.9. The summed E-state index contributed by atoms with van der Waals surface area (Å²) in [6.07, 6.45) is 1.56. The average molecular weight is 400 g/mol. The summed E-state index contributed by atoms with van der Waals surface area (Å²) >= 11 is 0.749. The minimum absolute atomic E-state index is 0.183. The number of nitrogens with zero attached hydrogens (tertiary/aromatic N) is 1. The fourth-order valence-electron chi connectivity index (χ4n) is 2.74. The van der Waals surface area contributed by atoms with Crippen molar-refractivity contribution in [2.24, 2.45) is 0 Å². The monoisotopic (exact) mass is 400 g/mol. The van der Waals surface area contributed by atoms with Crippen molar-refractivity contribution in [2.75, 3.05) is 11.9 Å². The van der Waals surface area contributed by atoms with E-state index in [4.69, 9.17) is 0 Å². The zero-order valence-electron chi connectivity index (χ0n) is 15.2. The molecule has 1 aliphatic rings. The number of hydrogen-bond donors (Lipinski definition) is 2. The molecule has 0 spiro atoms. The number of phenolic OH excluding ortho intramolecular Hbond substituents is 1. The molecule has 3 amide bonds. The van der Waals surface area contributed by atoms with E-state index in [-0.39, 0.29) is 10.7 Å². The van der Waals surface area contributed by atoms with Gasteiger partial charge >= 0.3 is 0 Å². The van der Waals surface area contributed by atoms with Gasteiger partial charge in [0.2, 0.25) is 5.91 Å². The molecule has 0 atom stereocenters. The Kier molecular flexibility index (Phi) is 5.51. The van der Waals surface area contributed by atoms with Crippen molar-refractivity contribution in [2.45, 2.75) is 13.8 Å². The summed E-state index contributed by atoms with van der Waals surface area (Å²) in [4.78, 5) is 37.9. The van der Waals surface area contributed by atoms with E-state index in [0.717, 1.165) is 16.7 Å². The lowest BCUT2D eigenvalue weighted by molar-refractivity contribution is -0.127. The zero-order chi connectivity index (χ0) is 20.4. The van der Waals surface area contributed by atoms with E-state index < -0.39 is 29.4 Å². The lowest BCUT2D eigenvalue weighted by Gasteiger charge is -2.12. The predicted octanol–water partition coefficient (Wildman–Crippen LogP) is 3.82. The van der Waals surface area contributed by atoms with E-state index in [1.165, 1.54) is 24.3 Å². The van der Waals surface area contributed by atoms with E-state index in [9.17, 15) is 23.9 Å². The van der Waals surface area contributed by atoms with Crippen molar-refractivity contribution in [3.05, 3.63) is 63.8 Å². The first-order valence-corrected chi connectivity index (χ1v) is 9.17. The van der Waals surface area contributed by atoms with Gasteiger partial charge in [-0.3, -0.25) is 19.3 Å². The smallest absolute Gasteiger partial charge is 0.294 e. The van der Waals surface area contributed by atoms with Crippen LogP contribution in [0.25, 0.3) is 6.08 Å². The number of hydrogen-bond acceptors (Lipinski definition) is 5. The van der Waals surface area contributed by atoms with Crippen molar-refractivity contribution in [1.82, 2.24) is 4.90 Å². The van der Waals surface area contributed by atoms with Gasteiger partial charge in [0.1, 0.15) is 18.1 Å². The number of imide groups is 1. The van der Waals surface area contributed by atoms with Crippen molar-refractivity contribution in [1.29, 1.82) is 0 Å². The lowest BCUT2D eigenvalue weighted by Crippen LogP contribution is -2.36. The molecule has 1 heterocycles. The topological polar surface area (TPSA) is 86.7 Å². The number of rotatable bonds is 4. The number of nitrogens with one attached hydrogen (secondary N) is 1. The van der Waals surface area contributed by atoms with Gasteiger partial charge in [0.25, 0.3) is 11.1 Å². The SMILES string of the molecule is Cc1cc(/C=C2\SC(=O)N(CC(=O)Nc3ccc(F)cc3)C2=O)cc(C)c1O. The van der Waals surface area contributed by atoms with Crippen LogP contribution >= 0.6 is 11.8 Å². The minimum Gasteiger partial charge on any atom is -0.507 e. The summed E-state index contributed by atoms with van der Waals surface area (Å²) in [5.41, 5.74) is 2.35. The summed E-state index contributed by atoms with van der Waals surface area (Å²) < 4.78 is 12.9. The van der Waals surface area contributed by atoms with Crippen molar-refractivity contribution < 1.29 is 23.9 Å². The van der Waals surface area contributed by atoms with Gasteiger partial charge in [0, 0.05) is 5.69 Å². The molecule has 6 nitrogen and oxygen atoms in total. The normalized spacial score (nSPS) is 15.4. The van der Waals surface area contributed by atoms with Crippen LogP contribution in [-0.2, 0) is 9.59 Å². The third-order valence-corrected chi connectivity index (χ3v) is 5.02. The highest BCUT2D eigenvalue weighted by Crippen LogP contribution is 2.33. The Labute approximate surface area is 165 Å². The predicted molar refractivity (Wildman–Crippen MR) is 105 cm³/mol. The Morgan fingerprint density at radius 1 is 1.18 bits per heavy atom. The third-order valence-electron chi connectivity index (χ3n) is 4.11. The first-order valence-electron chi connectivity index (χ1n) is 8.35. The number of halogens is 1. The first-order chi connectivity index (χ1) is 13.2. The molecule has 0 radical (unpaired) electrons. The molecular weight excluding hydrogens is 383 g/mol. The Hall–Kier alpha value is -3.13. The van der Waals surface area contributed by atoms with Crippen LogP contribution in [0.2, 0.25) is 0 Å². The maximum absolute atomic E-state index is 12.9. The average Bonchev–Trinajstić information content (AvgIpc) is 2.89. The van der Waals surface area contributed by atoms with Gasteiger partial charge in [-0.25, -0.2) is 4.39 Å². The van der Waals surface area contributed by atoms with Gasteiger partial charge in [-0.2, -0.15) is 0 Å². The van der Waals surface area contributed by atoms with Crippen LogP contribution < -0.4 is 5.32 Å². The molecule has 1 saturated heterocycles. The van der Waals surface area contributed by atoms with Crippen molar-refractivity contribution in [3.63, 3.8) is 0 Å². The number of carbonyl (C=O) groups excluding carboxylic acids is 3. The summed E-state index contributed by atoms with van der Waals surface area (Å²) in [5.74, 6) is -1.38. The highest BCUT2D eigenvalue weighted by atomic mass is 32.2. The quantitative estimate of drug-likeness (QED) is 0.762. The zero-order valence-corrected chi connectivity index (χ0v) is 16.0. The molecule has 0 bridgehead atoms. The largest absolute Gasteiger partial charge is 0.507 e. The van der Waals surface area contributed by atoms with E-state index in [1.54, 1.807) is 32.1 Å². The van der Waals surface area contributed by atoms with Gasteiger partial charge in [-0.1, -0.05) is 0 Å². The number of carbonyl (C=O) groups is 3. The molecule has 0 aliphatic carbocycles. The number of thioether (sulfide) groups is 1. The molecule has 2 N–H and O–H groups in total. The number of aryl methyl sites for hydroxylation is 2. The molecule has 0 saturated carbocycles. The molecule has 3 rings (SSSR count). The summed E-state index contributed by atoms with van der Waals surface area (Å²) in [7, 11) is 0. The van der Waals surface area contributed by atoms with Crippen LogP contribution in [0.5, 0.6) is 5.75 Å². The van der Waals surface area contributed by atoms with Gasteiger partial charge in [-0.15, -0.1) is 0 Å². The van der Waals surface area contributed by atoms with Gasteiger partial charge < -0.3 is 10.4 Å². The summed E-state index contributed by atoms with van der Waals surface area (Å²) in [6.45, 7) is 3.05. The Bertz CT molecular complexity index is 979. The standard InChI is InChI=1S/C20H17FN2O4S/c1-11-7-13(8-12(2)18(11)25)9-16-19(26)23(20(27)28-16)10-17(24)22-15-5-3-14(21)4-6-15/h3-9,25H,10H2,1-2H3,(H,22,24)/b16-9-. The van der Waals surface area contributed by atoms with E-state index in [0.29, 0.717) is 22.4 Å². The van der Waals surface area contributed by atoms with Gasteiger partial charge in [0.15, 0.2) is 0 Å². The highest BCUT2D eigenvalue weighted by Gasteiger charge is 2.36. The second-order valence-corrected chi connectivity index (χ2v) is 7.32. The molecular formula is C20H17FN2O4S. The Morgan fingerprint density at radius 3 is 2.39 bits per heavy atom. The van der Waals surface area contributed by atoms with Gasteiger partial charge in [0.05, 0.1) is 4.91 Å². The number of anilines is 1. The number of amides is 3. The minimum atomic E-state index is -0.563. The van der Waals surface area contributed by atoms with Crippen LogP contribution in [0, 0.1) is 19.7 Å². The van der Waals surface area contributed by atoms with Crippen molar-refractivity contribution >= 4 is 40.6 Å². The molecule has 2 aromatic carbocycles. The van der Waals surface area contributed by atoms with Gasteiger partial charge in [-0.05, 0) is 84.8 Å². The highest BCUT2D eigenvalue weighted by molar-refractivity contribution is 8.18. The Morgan fingerprint density at radius 2 is 1.79 bits per heavy atom. The molecule has 8 heteroatoms. The fraction of sp³-hybridized carbons (Fsp3) is 0.150. The summed E-state index contributed by atoms with van der Waals surface area (Å²) in [5, 5.41) is 11.8. The molecule has 0 unspecified atom stereocenters. The Balaban J connectivity index is 1.72. The summed E-state index contributed by atoms with van der Waals surface area (Å²) in [6, 6.07) is 8.57. The van der Waals surface area contributed by atoms with Crippen LogP contribution in [0.15, 0.2) is 41.3 Å². The number of aromatic hydroxyl groups is 1. The number of phenols is 1. The molecule has 1 aliphatic heterocycles.